The molecule has 0 aromatic heterocycles. The van der Waals surface area contributed by atoms with Crippen molar-refractivity contribution in [2.45, 2.75) is 19.4 Å². The second-order valence-electron chi connectivity index (χ2n) is 4.28. The van der Waals surface area contributed by atoms with Crippen molar-refractivity contribution < 1.29 is 9.59 Å². The number of halogens is 1. The van der Waals surface area contributed by atoms with Crippen molar-refractivity contribution in [1.29, 1.82) is 0 Å². The van der Waals surface area contributed by atoms with Crippen LogP contribution >= 0.6 is 15.9 Å². The summed E-state index contributed by atoms with van der Waals surface area (Å²) in [6, 6.07) is 7.92. The molecule has 2 amide bonds. The molecule has 0 saturated carbocycles. The van der Waals surface area contributed by atoms with Crippen molar-refractivity contribution >= 4 is 27.7 Å². The van der Waals surface area contributed by atoms with E-state index in [0.717, 1.165) is 16.5 Å². The Kier molecular flexibility index (Phi) is 6.52. The van der Waals surface area contributed by atoms with Crippen LogP contribution < -0.4 is 16.4 Å². The van der Waals surface area contributed by atoms with Crippen LogP contribution in [0.1, 0.15) is 12.5 Å². The Morgan fingerprint density at radius 3 is 2.74 bits per heavy atom. The lowest BCUT2D eigenvalue weighted by Crippen LogP contribution is -2.43. The molecule has 1 aromatic rings. The van der Waals surface area contributed by atoms with Gasteiger partial charge in [0.2, 0.25) is 11.8 Å². The van der Waals surface area contributed by atoms with Gasteiger partial charge in [-0.05, 0) is 31.0 Å². The maximum Gasteiger partial charge on any atom is 0.239 e. The Balaban J connectivity index is 2.36. The number of amides is 2. The molecule has 0 radical (unpaired) electrons. The number of carbonyl (C=O) groups is 2. The molecule has 0 bridgehead atoms. The number of nitrogens with one attached hydrogen (secondary N) is 2. The van der Waals surface area contributed by atoms with Gasteiger partial charge in [0.1, 0.15) is 0 Å². The monoisotopic (exact) mass is 327 g/mol. The van der Waals surface area contributed by atoms with Crippen molar-refractivity contribution in [2.75, 3.05) is 13.1 Å². The highest BCUT2D eigenvalue weighted by Crippen LogP contribution is 2.12. The van der Waals surface area contributed by atoms with Crippen molar-refractivity contribution in [3.8, 4) is 0 Å². The van der Waals surface area contributed by atoms with Gasteiger partial charge in [-0.3, -0.25) is 9.59 Å². The van der Waals surface area contributed by atoms with E-state index in [1.54, 1.807) is 0 Å². The first-order valence-corrected chi connectivity index (χ1v) is 6.81. The van der Waals surface area contributed by atoms with Crippen molar-refractivity contribution in [3.63, 3.8) is 0 Å². The van der Waals surface area contributed by atoms with Gasteiger partial charge in [-0.25, -0.2) is 0 Å². The minimum atomic E-state index is -0.338. The molecule has 1 aromatic carbocycles. The van der Waals surface area contributed by atoms with Crippen molar-refractivity contribution in [1.82, 2.24) is 10.6 Å². The Morgan fingerprint density at radius 2 is 2.11 bits per heavy atom. The third kappa shape index (κ3) is 6.35. The first-order chi connectivity index (χ1) is 9.01. The maximum atomic E-state index is 11.6. The van der Waals surface area contributed by atoms with Crippen LogP contribution in [0.5, 0.6) is 0 Å². The molecule has 0 aliphatic rings. The van der Waals surface area contributed by atoms with Gasteiger partial charge in [-0.15, -0.1) is 0 Å². The fourth-order valence-electron chi connectivity index (χ4n) is 1.65. The summed E-state index contributed by atoms with van der Waals surface area (Å²) in [6.07, 6.45) is 0.732. The summed E-state index contributed by atoms with van der Waals surface area (Å²) in [5, 5.41) is 5.24. The predicted octanol–water partition coefficient (Wildman–Crippen LogP) is 0.571. The number of carbonyl (C=O) groups excluding carboxylic acids is 2. The van der Waals surface area contributed by atoms with Crippen LogP contribution in [0.25, 0.3) is 0 Å². The highest BCUT2D eigenvalue weighted by atomic mass is 79.9. The van der Waals surface area contributed by atoms with E-state index in [2.05, 4.69) is 26.6 Å². The summed E-state index contributed by atoms with van der Waals surface area (Å²) >= 11 is 3.40. The van der Waals surface area contributed by atoms with Crippen LogP contribution in [-0.4, -0.2) is 30.9 Å². The van der Waals surface area contributed by atoms with Crippen LogP contribution in [0, 0.1) is 0 Å². The van der Waals surface area contributed by atoms with E-state index in [1.165, 1.54) is 0 Å². The molecule has 0 saturated heterocycles. The molecule has 104 valence electrons. The molecule has 1 unspecified atom stereocenters. The first-order valence-electron chi connectivity index (χ1n) is 6.02. The number of benzene rings is 1. The average molecular weight is 328 g/mol. The fraction of sp³-hybridized carbons (Fsp3) is 0.385. The maximum absolute atomic E-state index is 11.6. The SMILES string of the molecule is CC(Cc1cccc(Br)c1)NC(=O)CNC(=O)CN. The zero-order chi connectivity index (χ0) is 14.3. The molecule has 4 N–H and O–H groups in total. The topological polar surface area (TPSA) is 84.2 Å². The highest BCUT2D eigenvalue weighted by Gasteiger charge is 2.09. The smallest absolute Gasteiger partial charge is 0.239 e. The van der Waals surface area contributed by atoms with Gasteiger partial charge in [-0.2, -0.15) is 0 Å². The Labute approximate surface area is 121 Å². The largest absolute Gasteiger partial charge is 0.352 e. The van der Waals surface area contributed by atoms with E-state index in [1.807, 2.05) is 31.2 Å². The van der Waals surface area contributed by atoms with Gasteiger partial charge in [0.05, 0.1) is 13.1 Å². The van der Waals surface area contributed by atoms with E-state index in [-0.39, 0.29) is 30.9 Å². The predicted molar refractivity (Wildman–Crippen MR) is 77.5 cm³/mol. The van der Waals surface area contributed by atoms with Crippen molar-refractivity contribution in [3.05, 3.63) is 34.3 Å². The summed E-state index contributed by atoms with van der Waals surface area (Å²) in [5.41, 5.74) is 6.26. The molecule has 0 heterocycles. The molecule has 6 heteroatoms. The van der Waals surface area contributed by atoms with E-state index in [9.17, 15) is 9.59 Å². The molecule has 0 aliphatic carbocycles. The summed E-state index contributed by atoms with van der Waals surface area (Å²) in [7, 11) is 0. The van der Waals surface area contributed by atoms with Crippen LogP contribution in [-0.2, 0) is 16.0 Å². The fourth-order valence-corrected chi connectivity index (χ4v) is 2.09. The number of nitrogens with two attached hydrogens (primary N) is 1. The third-order valence-corrected chi connectivity index (χ3v) is 2.96. The van der Waals surface area contributed by atoms with Crippen LogP contribution in [0.15, 0.2) is 28.7 Å². The van der Waals surface area contributed by atoms with E-state index in [4.69, 9.17) is 5.73 Å². The van der Waals surface area contributed by atoms with Gasteiger partial charge in [-0.1, -0.05) is 28.1 Å². The summed E-state index contributed by atoms with van der Waals surface area (Å²) in [6.45, 7) is 1.77. The number of rotatable bonds is 6. The number of hydrogen-bond donors (Lipinski definition) is 3. The first kappa shape index (κ1) is 15.7. The van der Waals surface area contributed by atoms with Crippen LogP contribution in [0.2, 0.25) is 0 Å². The van der Waals surface area contributed by atoms with Gasteiger partial charge in [0, 0.05) is 10.5 Å². The molecule has 0 fully saturated rings. The zero-order valence-electron chi connectivity index (χ0n) is 10.8. The van der Waals surface area contributed by atoms with E-state index in [0.29, 0.717) is 0 Å². The Hall–Kier alpha value is -1.40. The zero-order valence-corrected chi connectivity index (χ0v) is 12.4. The lowest BCUT2D eigenvalue weighted by molar-refractivity contribution is -0.125. The van der Waals surface area contributed by atoms with Crippen LogP contribution in [0.3, 0.4) is 0 Å². The molecular formula is C13H18BrN3O2. The second kappa shape index (κ2) is 7.91. The third-order valence-electron chi connectivity index (χ3n) is 2.47. The summed E-state index contributed by atoms with van der Waals surface area (Å²) < 4.78 is 1.01. The van der Waals surface area contributed by atoms with Crippen LogP contribution in [0.4, 0.5) is 0 Å². The quantitative estimate of drug-likeness (QED) is 0.714. The molecular weight excluding hydrogens is 310 g/mol. The minimum Gasteiger partial charge on any atom is -0.352 e. The summed E-state index contributed by atoms with van der Waals surface area (Å²) in [5.74, 6) is -0.556. The Morgan fingerprint density at radius 1 is 1.37 bits per heavy atom. The van der Waals surface area contributed by atoms with E-state index >= 15 is 0 Å². The lowest BCUT2D eigenvalue weighted by Gasteiger charge is -2.14. The molecule has 0 aliphatic heterocycles. The summed E-state index contributed by atoms with van der Waals surface area (Å²) in [4.78, 5) is 22.5. The molecule has 0 spiro atoms. The molecule has 1 rings (SSSR count). The van der Waals surface area contributed by atoms with E-state index < -0.39 is 0 Å². The highest BCUT2D eigenvalue weighted by molar-refractivity contribution is 9.10. The second-order valence-corrected chi connectivity index (χ2v) is 5.20. The molecule has 1 atom stereocenters. The van der Waals surface area contributed by atoms with Gasteiger partial charge < -0.3 is 16.4 Å². The van der Waals surface area contributed by atoms with Crippen molar-refractivity contribution in [2.24, 2.45) is 5.73 Å². The number of hydrogen-bond acceptors (Lipinski definition) is 3. The molecule has 5 nitrogen and oxygen atoms in total. The normalized spacial score (nSPS) is 11.7. The van der Waals surface area contributed by atoms with Gasteiger partial charge in [0.25, 0.3) is 0 Å². The van der Waals surface area contributed by atoms with Gasteiger partial charge >= 0.3 is 0 Å². The molecule has 19 heavy (non-hydrogen) atoms. The Bertz CT molecular complexity index is 451. The standard InChI is InChI=1S/C13H18BrN3O2/c1-9(5-10-3-2-4-11(14)6-10)17-13(19)8-16-12(18)7-15/h2-4,6,9H,5,7-8,15H2,1H3,(H,16,18)(H,17,19). The minimum absolute atomic E-state index is 0.00317. The average Bonchev–Trinajstić information content (AvgIpc) is 2.35. The lowest BCUT2D eigenvalue weighted by atomic mass is 10.1. The van der Waals surface area contributed by atoms with Gasteiger partial charge in [0.15, 0.2) is 0 Å².